The molecule has 0 aliphatic carbocycles. The molecule has 0 saturated carbocycles. The van der Waals surface area contributed by atoms with Crippen LogP contribution in [0.15, 0.2) is 48.2 Å². The molecule has 1 aromatic carbocycles. The number of fused-ring (bicyclic) bond motifs is 3. The van der Waals surface area contributed by atoms with Gasteiger partial charge in [-0.2, -0.15) is 0 Å². The van der Waals surface area contributed by atoms with E-state index in [0.29, 0.717) is 23.3 Å². The maximum Gasteiger partial charge on any atom is 0.277 e. The molecule has 2 amide bonds. The van der Waals surface area contributed by atoms with Gasteiger partial charge in [0.1, 0.15) is 5.69 Å². The molecule has 29 heavy (non-hydrogen) atoms. The zero-order valence-electron chi connectivity index (χ0n) is 15.1. The SMILES string of the molecule is O=C(Nc1nc(CC(=O)N2CCn3c2nc2ccccc23)cs1)c1cnccn1. The van der Waals surface area contributed by atoms with E-state index < -0.39 is 5.91 Å². The molecule has 144 valence electrons. The van der Waals surface area contributed by atoms with Crippen LogP contribution >= 0.6 is 11.3 Å². The second-order valence-corrected chi connectivity index (χ2v) is 7.32. The summed E-state index contributed by atoms with van der Waals surface area (Å²) in [7, 11) is 0. The van der Waals surface area contributed by atoms with Gasteiger partial charge >= 0.3 is 0 Å². The number of imidazole rings is 1. The second kappa shape index (κ2) is 7.06. The molecule has 4 heterocycles. The Bertz CT molecular complexity index is 1220. The first-order valence-corrected chi connectivity index (χ1v) is 9.84. The van der Waals surface area contributed by atoms with Gasteiger partial charge in [0.05, 0.1) is 29.3 Å². The molecule has 0 unspecified atom stereocenters. The Hall–Kier alpha value is -3.66. The number of nitrogens with one attached hydrogen (secondary N) is 1. The van der Waals surface area contributed by atoms with E-state index in [1.165, 1.54) is 29.9 Å². The van der Waals surface area contributed by atoms with Crippen LogP contribution in [0.3, 0.4) is 0 Å². The van der Waals surface area contributed by atoms with Gasteiger partial charge in [-0.25, -0.2) is 15.0 Å². The van der Waals surface area contributed by atoms with Crippen LogP contribution in [0.4, 0.5) is 11.1 Å². The number of anilines is 2. The maximum atomic E-state index is 12.8. The van der Waals surface area contributed by atoms with Crippen molar-refractivity contribution in [2.45, 2.75) is 13.0 Å². The summed E-state index contributed by atoms with van der Waals surface area (Å²) >= 11 is 1.26. The van der Waals surface area contributed by atoms with E-state index in [2.05, 4.69) is 29.8 Å². The van der Waals surface area contributed by atoms with Crippen LogP contribution in [-0.4, -0.2) is 42.9 Å². The third-order valence-corrected chi connectivity index (χ3v) is 5.43. The quantitative estimate of drug-likeness (QED) is 0.558. The molecule has 0 radical (unpaired) electrons. The van der Waals surface area contributed by atoms with Gasteiger partial charge in [0.15, 0.2) is 5.13 Å². The fraction of sp³-hybridized carbons (Fsp3) is 0.158. The lowest BCUT2D eigenvalue weighted by molar-refractivity contribution is -0.117. The summed E-state index contributed by atoms with van der Waals surface area (Å²) < 4.78 is 2.06. The molecule has 5 rings (SSSR count). The lowest BCUT2D eigenvalue weighted by atomic mass is 10.3. The Labute approximate surface area is 169 Å². The average Bonchev–Trinajstić information content (AvgIpc) is 3.44. The van der Waals surface area contributed by atoms with E-state index in [-0.39, 0.29) is 18.0 Å². The summed E-state index contributed by atoms with van der Waals surface area (Å²) in [4.78, 5) is 43.4. The molecule has 1 N–H and O–H groups in total. The topological polar surface area (TPSA) is 106 Å². The van der Waals surface area contributed by atoms with Gasteiger partial charge in [-0.05, 0) is 12.1 Å². The number of carbonyl (C=O) groups is 2. The van der Waals surface area contributed by atoms with Crippen molar-refractivity contribution in [2.24, 2.45) is 0 Å². The van der Waals surface area contributed by atoms with Crippen molar-refractivity contribution in [3.8, 4) is 0 Å². The Morgan fingerprint density at radius 3 is 2.90 bits per heavy atom. The number of nitrogens with zero attached hydrogens (tertiary/aromatic N) is 6. The standard InChI is InChI=1S/C19H15N7O2S/c27-16(26-8-7-25-15-4-2-1-3-13(15)23-19(25)26)9-12-11-29-18(22-12)24-17(28)14-10-20-5-6-21-14/h1-6,10-11H,7-9H2,(H,22,24,28). The molecule has 0 bridgehead atoms. The highest BCUT2D eigenvalue weighted by Crippen LogP contribution is 2.28. The van der Waals surface area contributed by atoms with Gasteiger partial charge in [-0.15, -0.1) is 11.3 Å². The van der Waals surface area contributed by atoms with Crippen molar-refractivity contribution in [3.05, 3.63) is 59.6 Å². The minimum absolute atomic E-state index is 0.0730. The van der Waals surface area contributed by atoms with Crippen molar-refractivity contribution in [2.75, 3.05) is 16.8 Å². The number of rotatable bonds is 4. The number of thiazole rings is 1. The molecule has 0 spiro atoms. The van der Waals surface area contributed by atoms with Gasteiger partial charge in [0.2, 0.25) is 11.9 Å². The zero-order valence-corrected chi connectivity index (χ0v) is 16.0. The van der Waals surface area contributed by atoms with Crippen LogP contribution in [0.5, 0.6) is 0 Å². The first-order chi connectivity index (χ1) is 14.2. The number of carbonyl (C=O) groups excluding carboxylic acids is 2. The van der Waals surface area contributed by atoms with Crippen molar-refractivity contribution in [3.63, 3.8) is 0 Å². The highest BCUT2D eigenvalue weighted by atomic mass is 32.1. The molecule has 4 aromatic rings. The lowest BCUT2D eigenvalue weighted by Crippen LogP contribution is -2.31. The predicted molar refractivity (Wildman–Crippen MR) is 108 cm³/mol. The lowest BCUT2D eigenvalue weighted by Gasteiger charge is -2.12. The normalized spacial score (nSPS) is 12.9. The van der Waals surface area contributed by atoms with Gasteiger partial charge in [-0.1, -0.05) is 12.1 Å². The van der Waals surface area contributed by atoms with Gasteiger partial charge < -0.3 is 4.57 Å². The van der Waals surface area contributed by atoms with E-state index in [1.807, 2.05) is 24.3 Å². The molecule has 1 aliphatic heterocycles. The number of benzene rings is 1. The smallest absolute Gasteiger partial charge is 0.277 e. The zero-order chi connectivity index (χ0) is 19.8. The fourth-order valence-electron chi connectivity index (χ4n) is 3.30. The van der Waals surface area contributed by atoms with Crippen molar-refractivity contribution < 1.29 is 9.59 Å². The summed E-state index contributed by atoms with van der Waals surface area (Å²) in [5.74, 6) is 0.206. The molecule has 9 nitrogen and oxygen atoms in total. The largest absolute Gasteiger partial charge is 0.308 e. The van der Waals surface area contributed by atoms with E-state index >= 15 is 0 Å². The summed E-state index contributed by atoms with van der Waals surface area (Å²) in [5.41, 5.74) is 2.71. The minimum atomic E-state index is -0.390. The first-order valence-electron chi connectivity index (χ1n) is 8.96. The summed E-state index contributed by atoms with van der Waals surface area (Å²) in [6.45, 7) is 1.31. The Kier molecular flexibility index (Phi) is 4.24. The van der Waals surface area contributed by atoms with Crippen LogP contribution in [0, 0.1) is 0 Å². The van der Waals surface area contributed by atoms with Gasteiger partial charge in [0, 0.05) is 30.9 Å². The van der Waals surface area contributed by atoms with Gasteiger partial charge in [-0.3, -0.25) is 24.8 Å². The number of aromatic nitrogens is 5. The Morgan fingerprint density at radius 1 is 1.14 bits per heavy atom. The monoisotopic (exact) mass is 405 g/mol. The Morgan fingerprint density at radius 2 is 2.03 bits per heavy atom. The van der Waals surface area contributed by atoms with Crippen LogP contribution in [-0.2, 0) is 17.8 Å². The molecule has 0 saturated heterocycles. The minimum Gasteiger partial charge on any atom is -0.308 e. The van der Waals surface area contributed by atoms with Crippen molar-refractivity contribution in [1.82, 2.24) is 24.5 Å². The van der Waals surface area contributed by atoms with E-state index in [9.17, 15) is 9.59 Å². The molecular formula is C19H15N7O2S. The fourth-order valence-corrected chi connectivity index (χ4v) is 4.00. The number of hydrogen-bond donors (Lipinski definition) is 1. The summed E-state index contributed by atoms with van der Waals surface area (Å²) in [5, 5.41) is 4.86. The van der Waals surface area contributed by atoms with Crippen LogP contribution in [0.2, 0.25) is 0 Å². The molecule has 0 atom stereocenters. The predicted octanol–water partition coefficient (Wildman–Crippen LogP) is 2.12. The summed E-state index contributed by atoms with van der Waals surface area (Å²) in [6.07, 6.45) is 4.47. The van der Waals surface area contributed by atoms with Crippen LogP contribution < -0.4 is 10.2 Å². The van der Waals surface area contributed by atoms with Gasteiger partial charge in [0.25, 0.3) is 5.91 Å². The van der Waals surface area contributed by atoms with E-state index in [4.69, 9.17) is 0 Å². The summed E-state index contributed by atoms with van der Waals surface area (Å²) in [6, 6.07) is 7.85. The highest BCUT2D eigenvalue weighted by molar-refractivity contribution is 7.14. The number of hydrogen-bond acceptors (Lipinski definition) is 7. The Balaban J connectivity index is 1.29. The number of para-hydroxylation sites is 2. The first kappa shape index (κ1) is 17.4. The van der Waals surface area contributed by atoms with Crippen molar-refractivity contribution in [1.29, 1.82) is 0 Å². The molecule has 10 heteroatoms. The molecular weight excluding hydrogens is 390 g/mol. The third kappa shape index (κ3) is 3.23. The van der Waals surface area contributed by atoms with E-state index in [0.717, 1.165) is 17.6 Å². The average molecular weight is 405 g/mol. The molecule has 0 fully saturated rings. The second-order valence-electron chi connectivity index (χ2n) is 6.46. The van der Waals surface area contributed by atoms with Crippen LogP contribution in [0.1, 0.15) is 16.2 Å². The van der Waals surface area contributed by atoms with E-state index in [1.54, 1.807) is 10.3 Å². The molecule has 3 aromatic heterocycles. The third-order valence-electron chi connectivity index (χ3n) is 4.62. The van der Waals surface area contributed by atoms with Crippen molar-refractivity contribution >= 4 is 45.3 Å². The number of amides is 2. The molecule has 1 aliphatic rings. The van der Waals surface area contributed by atoms with Crippen LogP contribution in [0.25, 0.3) is 11.0 Å². The highest BCUT2D eigenvalue weighted by Gasteiger charge is 2.28. The maximum absolute atomic E-state index is 12.8.